The molecule has 0 heterocycles. The molecule has 22 heavy (non-hydrogen) atoms. The first kappa shape index (κ1) is 16.0. The number of nitrogens with zero attached hydrogens (tertiary/aromatic N) is 1. The Balaban J connectivity index is 2.30. The van der Waals surface area contributed by atoms with Crippen molar-refractivity contribution in [2.45, 2.75) is 18.7 Å². The lowest BCUT2D eigenvalue weighted by molar-refractivity contribution is 0.598. The van der Waals surface area contributed by atoms with Gasteiger partial charge in [0.25, 0.3) is 10.0 Å². The van der Waals surface area contributed by atoms with Crippen LogP contribution in [0.1, 0.15) is 18.1 Å². The molecule has 4 nitrogen and oxygen atoms in total. The summed E-state index contributed by atoms with van der Waals surface area (Å²) >= 11 is 0. The molecule has 0 fully saturated rings. The summed E-state index contributed by atoms with van der Waals surface area (Å²) in [6, 6.07) is 15.9. The first-order chi connectivity index (χ1) is 10.4. The number of hydrogen-bond donors (Lipinski definition) is 1. The predicted molar refractivity (Wildman–Crippen MR) is 90.1 cm³/mol. The van der Waals surface area contributed by atoms with Gasteiger partial charge in [0.2, 0.25) is 0 Å². The Labute approximate surface area is 131 Å². The van der Waals surface area contributed by atoms with Gasteiger partial charge in [-0.3, -0.25) is 0 Å². The number of hydrogen-bond acceptors (Lipinski definition) is 3. The number of nitrogens with two attached hydrogens (primary N) is 1. The van der Waals surface area contributed by atoms with Crippen LogP contribution in [0.2, 0.25) is 0 Å². The van der Waals surface area contributed by atoms with E-state index < -0.39 is 10.0 Å². The summed E-state index contributed by atoms with van der Waals surface area (Å²) in [5.41, 5.74) is 8.58. The van der Waals surface area contributed by atoms with Gasteiger partial charge in [-0.25, -0.2) is 0 Å². The van der Waals surface area contributed by atoms with E-state index >= 15 is 0 Å². The van der Waals surface area contributed by atoms with E-state index in [1.54, 1.807) is 37.3 Å². The van der Waals surface area contributed by atoms with Crippen molar-refractivity contribution in [1.82, 2.24) is 0 Å². The highest BCUT2D eigenvalue weighted by Crippen LogP contribution is 2.14. The van der Waals surface area contributed by atoms with Crippen LogP contribution in [-0.4, -0.2) is 14.1 Å². The van der Waals surface area contributed by atoms with Crippen LogP contribution < -0.4 is 5.73 Å². The standard InChI is InChI=1S/C17H18N2O2S/c1-13-8-10-16(11-9-13)22(20,21)19-14(2)12-17(18)15-6-4-3-5-7-15/h3-12H,18H2,1-2H3. The van der Waals surface area contributed by atoms with Crippen LogP contribution in [0, 0.1) is 6.92 Å². The minimum absolute atomic E-state index is 0.170. The van der Waals surface area contributed by atoms with Crippen LogP contribution in [0.15, 0.2) is 70.0 Å². The molecule has 0 saturated heterocycles. The molecule has 2 rings (SSSR count). The van der Waals surface area contributed by atoms with E-state index in [4.69, 9.17) is 5.73 Å². The minimum Gasteiger partial charge on any atom is -0.398 e. The third kappa shape index (κ3) is 4.05. The molecule has 0 aliphatic rings. The molecule has 0 saturated carbocycles. The van der Waals surface area contributed by atoms with Gasteiger partial charge < -0.3 is 5.73 Å². The van der Waals surface area contributed by atoms with Crippen LogP contribution in [0.4, 0.5) is 0 Å². The lowest BCUT2D eigenvalue weighted by Gasteiger charge is -2.03. The third-order valence-electron chi connectivity index (χ3n) is 3.05. The van der Waals surface area contributed by atoms with Crippen molar-refractivity contribution in [2.24, 2.45) is 10.1 Å². The average Bonchev–Trinajstić information content (AvgIpc) is 2.48. The number of benzene rings is 2. The molecule has 0 unspecified atom stereocenters. The van der Waals surface area contributed by atoms with Gasteiger partial charge in [-0.15, -0.1) is 0 Å². The fourth-order valence-electron chi connectivity index (χ4n) is 1.92. The van der Waals surface area contributed by atoms with Crippen molar-refractivity contribution in [2.75, 3.05) is 0 Å². The Kier molecular flexibility index (Phi) is 4.78. The number of allylic oxidation sites excluding steroid dienone is 1. The monoisotopic (exact) mass is 314 g/mol. The van der Waals surface area contributed by atoms with Crippen LogP contribution in [0.5, 0.6) is 0 Å². The predicted octanol–water partition coefficient (Wildman–Crippen LogP) is 3.14. The average molecular weight is 314 g/mol. The molecule has 0 aliphatic carbocycles. The second-order valence-corrected chi connectivity index (χ2v) is 6.59. The van der Waals surface area contributed by atoms with Gasteiger partial charge in [-0.05, 0) is 37.6 Å². The quantitative estimate of drug-likeness (QED) is 0.881. The third-order valence-corrected chi connectivity index (χ3v) is 4.45. The maximum absolute atomic E-state index is 12.2. The summed E-state index contributed by atoms with van der Waals surface area (Å²) in [6.45, 7) is 3.51. The van der Waals surface area contributed by atoms with Gasteiger partial charge in [-0.2, -0.15) is 12.8 Å². The number of aryl methyl sites for hydroxylation is 1. The largest absolute Gasteiger partial charge is 0.398 e. The van der Waals surface area contributed by atoms with Crippen molar-refractivity contribution in [1.29, 1.82) is 0 Å². The Morgan fingerprint density at radius 1 is 1.05 bits per heavy atom. The Morgan fingerprint density at radius 2 is 1.64 bits per heavy atom. The first-order valence-electron chi connectivity index (χ1n) is 6.79. The molecule has 2 aromatic carbocycles. The van der Waals surface area contributed by atoms with Crippen LogP contribution >= 0.6 is 0 Å². The summed E-state index contributed by atoms with van der Waals surface area (Å²) in [7, 11) is -3.72. The van der Waals surface area contributed by atoms with E-state index in [0.29, 0.717) is 11.4 Å². The maximum Gasteiger partial charge on any atom is 0.282 e. The van der Waals surface area contributed by atoms with Gasteiger partial charge in [0.1, 0.15) is 0 Å². The molecule has 5 heteroatoms. The minimum atomic E-state index is -3.72. The van der Waals surface area contributed by atoms with Gasteiger partial charge >= 0.3 is 0 Å². The molecule has 0 aromatic heterocycles. The summed E-state index contributed by atoms with van der Waals surface area (Å²) in [4.78, 5) is 0.170. The highest BCUT2D eigenvalue weighted by molar-refractivity contribution is 7.90. The van der Waals surface area contributed by atoms with Crippen molar-refractivity contribution < 1.29 is 8.42 Å². The molecule has 0 atom stereocenters. The molecular formula is C17H18N2O2S. The summed E-state index contributed by atoms with van der Waals surface area (Å²) < 4.78 is 28.2. The Morgan fingerprint density at radius 3 is 2.23 bits per heavy atom. The molecule has 0 radical (unpaired) electrons. The van der Waals surface area contributed by atoms with Gasteiger partial charge in [0.05, 0.1) is 10.6 Å². The summed E-state index contributed by atoms with van der Waals surface area (Å²) in [5.74, 6) is 0. The van der Waals surface area contributed by atoms with E-state index in [1.807, 2.05) is 37.3 Å². The van der Waals surface area contributed by atoms with Crippen LogP contribution in [0.3, 0.4) is 0 Å². The zero-order valence-corrected chi connectivity index (χ0v) is 13.3. The fraction of sp³-hybridized carbons (Fsp3) is 0.118. The first-order valence-corrected chi connectivity index (χ1v) is 8.23. The van der Waals surface area contributed by atoms with Gasteiger partial charge in [0.15, 0.2) is 0 Å². The van der Waals surface area contributed by atoms with E-state index in [-0.39, 0.29) is 4.90 Å². The van der Waals surface area contributed by atoms with E-state index in [0.717, 1.165) is 11.1 Å². The lowest BCUT2D eigenvalue weighted by Crippen LogP contribution is -2.03. The summed E-state index contributed by atoms with van der Waals surface area (Å²) in [6.07, 6.45) is 1.56. The van der Waals surface area contributed by atoms with E-state index in [9.17, 15) is 8.42 Å². The molecule has 2 N–H and O–H groups in total. The topological polar surface area (TPSA) is 72.5 Å². The van der Waals surface area contributed by atoms with E-state index in [1.165, 1.54) is 0 Å². The van der Waals surface area contributed by atoms with Crippen molar-refractivity contribution >= 4 is 21.4 Å². The normalized spacial score (nSPS) is 13.2. The SMILES string of the molecule is CC(C=C(N)c1ccccc1)=NS(=O)(=O)c1ccc(C)cc1. The number of sulfonamides is 1. The van der Waals surface area contributed by atoms with Gasteiger partial charge in [-0.1, -0.05) is 48.0 Å². The molecule has 0 bridgehead atoms. The Bertz CT molecular complexity index is 805. The highest BCUT2D eigenvalue weighted by Gasteiger charge is 2.12. The van der Waals surface area contributed by atoms with Crippen molar-refractivity contribution in [3.05, 3.63) is 71.8 Å². The second kappa shape index (κ2) is 6.58. The van der Waals surface area contributed by atoms with Crippen LogP contribution in [0.25, 0.3) is 5.70 Å². The number of rotatable bonds is 4. The van der Waals surface area contributed by atoms with Crippen LogP contribution in [-0.2, 0) is 10.0 Å². The lowest BCUT2D eigenvalue weighted by atomic mass is 10.1. The van der Waals surface area contributed by atoms with Gasteiger partial charge in [0, 0.05) is 5.70 Å². The molecule has 114 valence electrons. The Hall–Kier alpha value is -2.40. The summed E-state index contributed by atoms with van der Waals surface area (Å²) in [5, 5.41) is 0. The van der Waals surface area contributed by atoms with E-state index in [2.05, 4.69) is 4.40 Å². The van der Waals surface area contributed by atoms with Crippen molar-refractivity contribution in [3.63, 3.8) is 0 Å². The highest BCUT2D eigenvalue weighted by atomic mass is 32.2. The zero-order chi connectivity index (χ0) is 16.2. The molecule has 0 spiro atoms. The fourth-order valence-corrected chi connectivity index (χ4v) is 2.94. The zero-order valence-electron chi connectivity index (χ0n) is 12.5. The molecule has 2 aromatic rings. The second-order valence-electron chi connectivity index (χ2n) is 4.99. The molecule has 0 aliphatic heterocycles. The van der Waals surface area contributed by atoms with Crippen molar-refractivity contribution in [3.8, 4) is 0 Å². The maximum atomic E-state index is 12.2. The smallest absolute Gasteiger partial charge is 0.282 e. The molecular weight excluding hydrogens is 296 g/mol. The molecule has 0 amide bonds.